The molecule has 0 aliphatic carbocycles. The van der Waals surface area contributed by atoms with E-state index in [0.717, 1.165) is 32.5 Å². The average Bonchev–Trinajstić information content (AvgIpc) is 3.61. The van der Waals surface area contributed by atoms with E-state index in [1.807, 2.05) is 53.9 Å². The fourth-order valence-corrected chi connectivity index (χ4v) is 5.40. The molecule has 0 N–H and O–H groups in total. The van der Waals surface area contributed by atoms with E-state index in [1.165, 1.54) is 11.8 Å². The lowest BCUT2D eigenvalue weighted by molar-refractivity contribution is -0.130. The summed E-state index contributed by atoms with van der Waals surface area (Å²) in [6.45, 7) is 1.25. The molecule has 1 aliphatic rings. The Morgan fingerprint density at radius 3 is 2.94 bits per heavy atom. The van der Waals surface area contributed by atoms with Crippen LogP contribution in [0.5, 0.6) is 0 Å². The van der Waals surface area contributed by atoms with E-state index < -0.39 is 0 Å². The number of furan rings is 1. The van der Waals surface area contributed by atoms with Crippen LogP contribution in [0.2, 0.25) is 0 Å². The fourth-order valence-electron chi connectivity index (χ4n) is 3.79. The van der Waals surface area contributed by atoms with Gasteiger partial charge >= 0.3 is 0 Å². The summed E-state index contributed by atoms with van der Waals surface area (Å²) < 4.78 is 13.0. The number of aromatic nitrogens is 2. The largest absolute Gasteiger partial charge is 0.467 e. The third kappa shape index (κ3) is 4.11. The van der Waals surface area contributed by atoms with E-state index in [9.17, 15) is 4.79 Å². The van der Waals surface area contributed by atoms with Crippen molar-refractivity contribution in [3.63, 3.8) is 0 Å². The Bertz CT molecular complexity index is 1230. The van der Waals surface area contributed by atoms with Crippen molar-refractivity contribution in [1.29, 1.82) is 0 Å². The molecule has 1 atom stereocenters. The van der Waals surface area contributed by atoms with Crippen molar-refractivity contribution in [3.8, 4) is 0 Å². The predicted octanol–water partition coefficient (Wildman–Crippen LogP) is 4.81. The number of benzene rings is 1. The molecule has 1 aliphatic heterocycles. The molecule has 0 bridgehead atoms. The van der Waals surface area contributed by atoms with Gasteiger partial charge in [0.1, 0.15) is 11.8 Å². The number of thiophene rings is 1. The first-order valence-corrected chi connectivity index (χ1v) is 12.1. The molecule has 0 fully saturated rings. The van der Waals surface area contributed by atoms with Crippen LogP contribution in [0.1, 0.15) is 23.1 Å². The zero-order chi connectivity index (χ0) is 21.9. The Balaban J connectivity index is 1.38. The summed E-state index contributed by atoms with van der Waals surface area (Å²) in [6.07, 6.45) is 2.27. The molecule has 4 aromatic rings. The molecule has 4 heterocycles. The van der Waals surface area contributed by atoms with Gasteiger partial charge in [-0.2, -0.15) is 5.10 Å². The Kier molecular flexibility index (Phi) is 6.11. The number of thioether (sulfide) groups is 1. The summed E-state index contributed by atoms with van der Waals surface area (Å²) in [4.78, 5) is 19.1. The van der Waals surface area contributed by atoms with Gasteiger partial charge in [-0.3, -0.25) is 4.79 Å². The fraction of sp³-hybridized carbons (Fsp3) is 0.261. The minimum Gasteiger partial charge on any atom is -0.467 e. The van der Waals surface area contributed by atoms with Gasteiger partial charge in [0.15, 0.2) is 5.16 Å². The number of nitrogens with zero attached hydrogens (tertiary/aromatic N) is 4. The van der Waals surface area contributed by atoms with Crippen molar-refractivity contribution in [2.75, 3.05) is 19.5 Å². The van der Waals surface area contributed by atoms with Crippen LogP contribution < -0.4 is 0 Å². The van der Waals surface area contributed by atoms with Gasteiger partial charge in [-0.1, -0.05) is 30.0 Å². The molecule has 3 aromatic heterocycles. The molecule has 7 nitrogen and oxygen atoms in total. The van der Waals surface area contributed by atoms with Gasteiger partial charge in [0.25, 0.3) is 5.91 Å². The molecule has 1 aromatic carbocycles. The molecule has 9 heteroatoms. The maximum atomic E-state index is 13.3. The van der Waals surface area contributed by atoms with Gasteiger partial charge in [-0.25, -0.2) is 9.99 Å². The normalized spacial score (nSPS) is 16.1. The molecule has 0 spiro atoms. The minimum absolute atomic E-state index is 0.0756. The van der Waals surface area contributed by atoms with Crippen LogP contribution in [0.4, 0.5) is 0 Å². The Morgan fingerprint density at radius 2 is 2.16 bits per heavy atom. The van der Waals surface area contributed by atoms with Crippen molar-refractivity contribution in [3.05, 3.63) is 70.8 Å². The predicted molar refractivity (Wildman–Crippen MR) is 126 cm³/mol. The van der Waals surface area contributed by atoms with Gasteiger partial charge in [-0.05, 0) is 35.7 Å². The van der Waals surface area contributed by atoms with Crippen molar-refractivity contribution in [2.24, 2.45) is 5.10 Å². The second kappa shape index (κ2) is 9.32. The number of imidazole rings is 1. The van der Waals surface area contributed by atoms with Crippen molar-refractivity contribution in [2.45, 2.75) is 24.2 Å². The zero-order valence-electron chi connectivity index (χ0n) is 17.5. The second-order valence-corrected chi connectivity index (χ2v) is 9.20. The van der Waals surface area contributed by atoms with Gasteiger partial charge in [0, 0.05) is 20.1 Å². The number of fused-ring (bicyclic) bond motifs is 1. The summed E-state index contributed by atoms with van der Waals surface area (Å²) >= 11 is 3.05. The van der Waals surface area contributed by atoms with Gasteiger partial charge in [-0.15, -0.1) is 11.3 Å². The monoisotopic (exact) mass is 466 g/mol. The highest BCUT2D eigenvalue weighted by molar-refractivity contribution is 7.99. The Hall–Kier alpha value is -2.88. The second-order valence-electron chi connectivity index (χ2n) is 7.31. The van der Waals surface area contributed by atoms with E-state index in [-0.39, 0.29) is 17.7 Å². The number of methoxy groups -OCH3 is 1. The molecule has 0 saturated heterocycles. The number of hydrogen-bond donors (Lipinski definition) is 0. The number of carbonyl (C=O) groups excluding carboxylic acids is 1. The Labute approximate surface area is 193 Å². The number of hydrogen-bond acceptors (Lipinski definition) is 7. The lowest BCUT2D eigenvalue weighted by atomic mass is 10.1. The lowest BCUT2D eigenvalue weighted by Gasteiger charge is -2.19. The minimum atomic E-state index is -0.234. The third-order valence-corrected chi connectivity index (χ3v) is 7.19. The van der Waals surface area contributed by atoms with Gasteiger partial charge in [0.2, 0.25) is 0 Å². The molecular formula is C23H22N4O3S2. The summed E-state index contributed by atoms with van der Waals surface area (Å²) in [6, 6.07) is 15.5. The highest BCUT2D eigenvalue weighted by Crippen LogP contribution is 2.35. The van der Waals surface area contributed by atoms with E-state index in [0.29, 0.717) is 19.6 Å². The Morgan fingerprint density at radius 1 is 1.25 bits per heavy atom. The number of amides is 1. The van der Waals surface area contributed by atoms with Crippen molar-refractivity contribution in [1.82, 2.24) is 14.6 Å². The van der Waals surface area contributed by atoms with Gasteiger partial charge < -0.3 is 13.7 Å². The topological polar surface area (TPSA) is 72.9 Å². The van der Waals surface area contributed by atoms with E-state index in [2.05, 4.69) is 9.67 Å². The maximum absolute atomic E-state index is 13.3. The van der Waals surface area contributed by atoms with Crippen LogP contribution in [0.25, 0.3) is 11.0 Å². The highest BCUT2D eigenvalue weighted by atomic mass is 32.2. The molecule has 0 unspecified atom stereocenters. The number of para-hydroxylation sites is 2. The summed E-state index contributed by atoms with van der Waals surface area (Å²) in [5.74, 6) is 0.897. The quantitative estimate of drug-likeness (QED) is 0.349. The average molecular weight is 467 g/mol. The molecule has 5 rings (SSSR count). The molecule has 0 saturated carbocycles. The SMILES string of the molecule is COCCn1c(SCC(=O)N2N=C(c3cccs3)C[C@@H]2c2ccco2)nc2ccccc21. The zero-order valence-corrected chi connectivity index (χ0v) is 19.1. The first-order valence-electron chi connectivity index (χ1n) is 10.3. The van der Waals surface area contributed by atoms with Crippen molar-refractivity contribution >= 4 is 45.8 Å². The molecule has 1 amide bonds. The number of rotatable bonds is 8. The molecule has 0 radical (unpaired) electrons. The third-order valence-electron chi connectivity index (χ3n) is 5.31. The first-order chi connectivity index (χ1) is 15.7. The maximum Gasteiger partial charge on any atom is 0.253 e. The van der Waals surface area contributed by atoms with Crippen LogP contribution in [-0.2, 0) is 16.1 Å². The van der Waals surface area contributed by atoms with Crippen LogP contribution >= 0.6 is 23.1 Å². The van der Waals surface area contributed by atoms with E-state index in [4.69, 9.17) is 14.1 Å². The molecule has 164 valence electrons. The van der Waals surface area contributed by atoms with Crippen LogP contribution in [0, 0.1) is 0 Å². The summed E-state index contributed by atoms with van der Waals surface area (Å²) in [5.41, 5.74) is 2.85. The van der Waals surface area contributed by atoms with E-state index in [1.54, 1.807) is 29.7 Å². The van der Waals surface area contributed by atoms with Crippen LogP contribution in [0.15, 0.2) is 74.8 Å². The smallest absolute Gasteiger partial charge is 0.253 e. The number of hydrazone groups is 1. The van der Waals surface area contributed by atoms with Crippen LogP contribution in [-0.4, -0.2) is 45.6 Å². The summed E-state index contributed by atoms with van der Waals surface area (Å²) in [7, 11) is 1.68. The molecule has 32 heavy (non-hydrogen) atoms. The number of ether oxygens (including phenoxy) is 1. The number of carbonyl (C=O) groups is 1. The lowest BCUT2D eigenvalue weighted by Crippen LogP contribution is -2.28. The standard InChI is InChI=1S/C23H22N4O3S2/c1-29-12-10-26-18-7-3-2-6-16(18)24-23(26)32-15-22(28)27-19(20-8-4-11-30-20)14-17(25-27)21-9-5-13-31-21/h2-9,11,13,19H,10,12,14-15H2,1H3/t19-/m1/s1. The highest BCUT2D eigenvalue weighted by Gasteiger charge is 2.35. The van der Waals surface area contributed by atoms with Crippen LogP contribution in [0.3, 0.4) is 0 Å². The summed E-state index contributed by atoms with van der Waals surface area (Å²) in [5, 5.41) is 9.08. The van der Waals surface area contributed by atoms with Crippen molar-refractivity contribution < 1.29 is 13.9 Å². The first kappa shape index (κ1) is 21.0. The van der Waals surface area contributed by atoms with E-state index >= 15 is 0 Å². The molecular weight excluding hydrogens is 444 g/mol. The van der Waals surface area contributed by atoms with Gasteiger partial charge in [0.05, 0.1) is 40.2 Å².